The zero-order valence-electron chi connectivity index (χ0n) is 14.3. The third kappa shape index (κ3) is 6.20. The number of aliphatic hydroxyl groups is 1. The summed E-state index contributed by atoms with van der Waals surface area (Å²) in [7, 11) is 0. The van der Waals surface area contributed by atoms with Crippen molar-refractivity contribution >= 4 is 11.7 Å². The maximum absolute atomic E-state index is 12.1. The first-order valence-electron chi connectivity index (χ1n) is 8.50. The number of amides is 2. The van der Waals surface area contributed by atoms with Crippen LogP contribution in [0.5, 0.6) is 0 Å². The zero-order chi connectivity index (χ0) is 16.7. The van der Waals surface area contributed by atoms with Crippen LogP contribution in [0.2, 0.25) is 0 Å². The van der Waals surface area contributed by atoms with Gasteiger partial charge in [-0.25, -0.2) is 4.79 Å². The molecule has 0 saturated carbocycles. The normalized spacial score (nSPS) is 15.6. The molecular weight excluding hydrogens is 290 g/mol. The van der Waals surface area contributed by atoms with E-state index in [4.69, 9.17) is 5.11 Å². The van der Waals surface area contributed by atoms with Crippen molar-refractivity contribution in [1.29, 1.82) is 0 Å². The van der Waals surface area contributed by atoms with Crippen molar-refractivity contribution in [1.82, 2.24) is 10.2 Å². The van der Waals surface area contributed by atoms with Crippen molar-refractivity contribution in [3.8, 4) is 0 Å². The molecule has 0 unspecified atom stereocenters. The number of nitrogens with zero attached hydrogens (tertiary/aromatic N) is 1. The second-order valence-electron chi connectivity index (χ2n) is 6.94. The summed E-state index contributed by atoms with van der Waals surface area (Å²) in [5, 5.41) is 14.8. The summed E-state index contributed by atoms with van der Waals surface area (Å²) >= 11 is 0. The number of anilines is 1. The lowest BCUT2D eigenvalue weighted by atomic mass is 10.0. The van der Waals surface area contributed by atoms with Crippen molar-refractivity contribution in [3.63, 3.8) is 0 Å². The molecule has 0 atom stereocenters. The van der Waals surface area contributed by atoms with E-state index >= 15 is 0 Å². The molecule has 3 N–H and O–H groups in total. The van der Waals surface area contributed by atoms with Crippen molar-refractivity contribution in [2.24, 2.45) is 0 Å². The van der Waals surface area contributed by atoms with E-state index in [1.807, 2.05) is 32.0 Å². The van der Waals surface area contributed by atoms with Crippen LogP contribution in [0.3, 0.4) is 0 Å². The molecule has 1 aliphatic heterocycles. The van der Waals surface area contributed by atoms with Gasteiger partial charge in [-0.05, 0) is 70.3 Å². The molecule has 5 heteroatoms. The minimum absolute atomic E-state index is 0.0548. The predicted molar refractivity (Wildman–Crippen MR) is 93.8 cm³/mol. The lowest BCUT2D eigenvalue weighted by Crippen LogP contribution is -2.46. The SMILES string of the molecule is CC(C)(CCO)NC(=O)Nc1cccc(CCN2CCCC2)c1. The number of carbonyl (C=O) groups excluding carboxylic acids is 1. The number of benzene rings is 1. The fourth-order valence-corrected chi connectivity index (χ4v) is 2.91. The Bertz CT molecular complexity index is 511. The highest BCUT2D eigenvalue weighted by molar-refractivity contribution is 5.89. The van der Waals surface area contributed by atoms with E-state index in [1.54, 1.807) is 0 Å². The van der Waals surface area contributed by atoms with Crippen LogP contribution < -0.4 is 10.6 Å². The molecule has 23 heavy (non-hydrogen) atoms. The van der Waals surface area contributed by atoms with Gasteiger partial charge in [0.15, 0.2) is 0 Å². The van der Waals surface area contributed by atoms with E-state index in [0.717, 1.165) is 18.7 Å². The molecule has 2 amide bonds. The fraction of sp³-hybridized carbons (Fsp3) is 0.611. The average Bonchev–Trinajstić information content (AvgIpc) is 2.98. The van der Waals surface area contributed by atoms with Gasteiger partial charge in [0.2, 0.25) is 0 Å². The number of hydrogen-bond donors (Lipinski definition) is 3. The Balaban J connectivity index is 1.85. The largest absolute Gasteiger partial charge is 0.396 e. The minimum Gasteiger partial charge on any atom is -0.396 e. The molecule has 1 aliphatic rings. The van der Waals surface area contributed by atoms with E-state index < -0.39 is 5.54 Å². The van der Waals surface area contributed by atoms with Crippen LogP contribution in [0, 0.1) is 0 Å². The maximum Gasteiger partial charge on any atom is 0.319 e. The molecule has 1 saturated heterocycles. The van der Waals surface area contributed by atoms with Crippen molar-refractivity contribution < 1.29 is 9.90 Å². The first-order valence-corrected chi connectivity index (χ1v) is 8.50. The van der Waals surface area contributed by atoms with Gasteiger partial charge in [0.05, 0.1) is 0 Å². The van der Waals surface area contributed by atoms with Gasteiger partial charge in [-0.2, -0.15) is 0 Å². The average molecular weight is 319 g/mol. The Labute approximate surface area is 139 Å². The van der Waals surface area contributed by atoms with Gasteiger partial charge in [-0.1, -0.05) is 12.1 Å². The molecule has 0 radical (unpaired) electrons. The van der Waals surface area contributed by atoms with Crippen molar-refractivity contribution in [2.45, 2.75) is 45.1 Å². The molecule has 0 spiro atoms. The third-order valence-electron chi connectivity index (χ3n) is 4.29. The van der Waals surface area contributed by atoms with E-state index in [0.29, 0.717) is 6.42 Å². The Morgan fingerprint density at radius 2 is 2.04 bits per heavy atom. The second-order valence-corrected chi connectivity index (χ2v) is 6.94. The lowest BCUT2D eigenvalue weighted by Gasteiger charge is -2.25. The summed E-state index contributed by atoms with van der Waals surface area (Å²) in [4.78, 5) is 14.6. The smallest absolute Gasteiger partial charge is 0.319 e. The maximum atomic E-state index is 12.1. The quantitative estimate of drug-likeness (QED) is 0.724. The summed E-state index contributed by atoms with van der Waals surface area (Å²) in [5.41, 5.74) is 1.62. The van der Waals surface area contributed by atoms with Gasteiger partial charge >= 0.3 is 6.03 Å². The molecule has 1 heterocycles. The molecule has 5 nitrogen and oxygen atoms in total. The summed E-state index contributed by atoms with van der Waals surface area (Å²) in [6.07, 6.45) is 4.15. The zero-order valence-corrected chi connectivity index (χ0v) is 14.3. The van der Waals surface area contributed by atoms with E-state index in [-0.39, 0.29) is 12.6 Å². The molecule has 1 aromatic rings. The van der Waals surface area contributed by atoms with Crippen LogP contribution >= 0.6 is 0 Å². The number of aliphatic hydroxyl groups excluding tert-OH is 1. The predicted octanol–water partition coefficient (Wildman–Crippen LogP) is 2.61. The number of hydrogen-bond acceptors (Lipinski definition) is 3. The molecule has 1 aromatic carbocycles. The Kier molecular flexibility index (Phi) is 6.42. The standard InChI is InChI=1S/C18H29N3O2/c1-18(2,9-13-22)20-17(23)19-16-7-5-6-15(14-16)8-12-21-10-3-4-11-21/h5-7,14,22H,3-4,8-13H2,1-2H3,(H2,19,20,23). The fourth-order valence-electron chi connectivity index (χ4n) is 2.91. The van der Waals surface area contributed by atoms with Crippen LogP contribution in [0.4, 0.5) is 10.5 Å². The van der Waals surface area contributed by atoms with E-state index in [1.165, 1.54) is 31.5 Å². The van der Waals surface area contributed by atoms with Gasteiger partial charge in [0.25, 0.3) is 0 Å². The minimum atomic E-state index is -0.424. The monoisotopic (exact) mass is 319 g/mol. The molecule has 2 rings (SSSR count). The lowest BCUT2D eigenvalue weighted by molar-refractivity contribution is 0.218. The third-order valence-corrected chi connectivity index (χ3v) is 4.29. The second kappa shape index (κ2) is 8.31. The Morgan fingerprint density at radius 1 is 1.30 bits per heavy atom. The van der Waals surface area contributed by atoms with Crippen LogP contribution in [0.15, 0.2) is 24.3 Å². The number of urea groups is 1. The number of likely N-dealkylation sites (tertiary alicyclic amines) is 1. The van der Waals surface area contributed by atoms with Crippen LogP contribution in [-0.4, -0.2) is 47.8 Å². The summed E-state index contributed by atoms with van der Waals surface area (Å²) in [6.45, 7) is 7.35. The Hall–Kier alpha value is -1.59. The first-order chi connectivity index (χ1) is 11.0. The Morgan fingerprint density at radius 3 is 2.74 bits per heavy atom. The highest BCUT2D eigenvalue weighted by atomic mass is 16.3. The van der Waals surface area contributed by atoms with Crippen LogP contribution in [0.1, 0.15) is 38.7 Å². The number of carbonyl (C=O) groups is 1. The number of nitrogens with one attached hydrogen (secondary N) is 2. The number of rotatable bonds is 7. The van der Waals surface area contributed by atoms with Crippen LogP contribution in [0.25, 0.3) is 0 Å². The first kappa shape index (κ1) is 17.8. The molecule has 1 fully saturated rings. The van der Waals surface area contributed by atoms with Crippen molar-refractivity contribution in [3.05, 3.63) is 29.8 Å². The highest BCUT2D eigenvalue weighted by Crippen LogP contribution is 2.14. The highest BCUT2D eigenvalue weighted by Gasteiger charge is 2.19. The molecule has 128 valence electrons. The van der Waals surface area contributed by atoms with Gasteiger partial charge in [0, 0.05) is 24.4 Å². The van der Waals surface area contributed by atoms with Crippen LogP contribution in [-0.2, 0) is 6.42 Å². The van der Waals surface area contributed by atoms with Gasteiger partial charge in [-0.3, -0.25) is 0 Å². The van der Waals surface area contributed by atoms with E-state index in [2.05, 4.69) is 21.6 Å². The molecular formula is C18H29N3O2. The summed E-state index contributed by atoms with van der Waals surface area (Å²) < 4.78 is 0. The summed E-state index contributed by atoms with van der Waals surface area (Å²) in [6, 6.07) is 7.79. The summed E-state index contributed by atoms with van der Waals surface area (Å²) in [5.74, 6) is 0. The molecule has 0 aromatic heterocycles. The van der Waals surface area contributed by atoms with Gasteiger partial charge in [-0.15, -0.1) is 0 Å². The van der Waals surface area contributed by atoms with Gasteiger partial charge < -0.3 is 20.6 Å². The topological polar surface area (TPSA) is 64.6 Å². The van der Waals surface area contributed by atoms with Crippen molar-refractivity contribution in [2.75, 3.05) is 31.6 Å². The van der Waals surface area contributed by atoms with Gasteiger partial charge in [0.1, 0.15) is 0 Å². The molecule has 0 bridgehead atoms. The molecule has 0 aliphatic carbocycles. The van der Waals surface area contributed by atoms with E-state index in [9.17, 15) is 4.79 Å².